The standard InChI is InChI=1S/C24H29ClFN3O5/c1-33-21-12-18(27)17(25)11-16(21)24(32)28-19-7-9-29(13-22(19)34-2)10-8-20(30)23(31)14-3-5-15(26)6-4-14/h3-6,11-12,19-20,22,30H,7-10,13,27H2,1-2H3,(H,28,32)/t19-,20?,22+/m1/s1. The molecule has 1 aliphatic rings. The molecule has 10 heteroatoms. The van der Waals surface area contributed by atoms with Crippen LogP contribution in [0.1, 0.15) is 33.6 Å². The van der Waals surface area contributed by atoms with Gasteiger partial charge in [-0.05, 0) is 43.2 Å². The topological polar surface area (TPSA) is 114 Å². The summed E-state index contributed by atoms with van der Waals surface area (Å²) in [6, 6.07) is 7.83. The first-order valence-electron chi connectivity index (χ1n) is 10.9. The lowest BCUT2D eigenvalue weighted by Crippen LogP contribution is -2.55. The first-order chi connectivity index (χ1) is 16.2. The van der Waals surface area contributed by atoms with Gasteiger partial charge in [-0.1, -0.05) is 11.6 Å². The van der Waals surface area contributed by atoms with E-state index in [1.165, 1.54) is 43.5 Å². The van der Waals surface area contributed by atoms with E-state index in [-0.39, 0.29) is 40.6 Å². The van der Waals surface area contributed by atoms with Gasteiger partial charge in [-0.2, -0.15) is 0 Å². The summed E-state index contributed by atoms with van der Waals surface area (Å²) in [6.45, 7) is 1.62. The maximum Gasteiger partial charge on any atom is 0.255 e. The predicted molar refractivity (Wildman–Crippen MR) is 127 cm³/mol. The van der Waals surface area contributed by atoms with Gasteiger partial charge in [-0.15, -0.1) is 0 Å². The molecule has 0 spiro atoms. The average Bonchev–Trinajstić information content (AvgIpc) is 2.84. The number of carbonyl (C=O) groups excluding carboxylic acids is 2. The van der Waals surface area contributed by atoms with E-state index in [9.17, 15) is 19.1 Å². The number of hydrogen-bond donors (Lipinski definition) is 3. The number of carbonyl (C=O) groups is 2. The number of methoxy groups -OCH3 is 2. The molecule has 3 rings (SSSR count). The summed E-state index contributed by atoms with van der Waals surface area (Å²) in [5, 5.41) is 13.5. The zero-order valence-corrected chi connectivity index (χ0v) is 19.8. The van der Waals surface area contributed by atoms with Crippen molar-refractivity contribution in [3.8, 4) is 5.75 Å². The second-order valence-corrected chi connectivity index (χ2v) is 8.60. The number of rotatable bonds is 9. The number of benzene rings is 2. The van der Waals surface area contributed by atoms with Crippen LogP contribution in [0.4, 0.5) is 10.1 Å². The molecule has 2 aromatic rings. The highest BCUT2D eigenvalue weighted by molar-refractivity contribution is 6.33. The highest BCUT2D eigenvalue weighted by Crippen LogP contribution is 2.29. The SMILES string of the molecule is COc1cc(N)c(Cl)cc1C(=O)N[C@@H]1CCN(CCC(O)C(=O)c2ccc(F)cc2)C[C@@H]1OC. The van der Waals surface area contributed by atoms with Crippen LogP contribution in [-0.4, -0.2) is 73.8 Å². The van der Waals surface area contributed by atoms with Crippen LogP contribution >= 0.6 is 11.6 Å². The summed E-state index contributed by atoms with van der Waals surface area (Å²) >= 11 is 6.08. The summed E-state index contributed by atoms with van der Waals surface area (Å²) in [6.07, 6.45) is -0.647. The molecule has 4 N–H and O–H groups in total. The Bertz CT molecular complexity index is 1020. The fourth-order valence-corrected chi connectivity index (χ4v) is 4.16. The van der Waals surface area contributed by atoms with Gasteiger partial charge < -0.3 is 30.5 Å². The third-order valence-electron chi connectivity index (χ3n) is 5.98. The summed E-state index contributed by atoms with van der Waals surface area (Å²) in [4.78, 5) is 27.3. The Hall–Kier alpha value is -2.72. The molecule has 1 heterocycles. The first kappa shape index (κ1) is 25.9. The Labute approximate surface area is 202 Å². The molecular formula is C24H29ClFN3O5. The van der Waals surface area contributed by atoms with Gasteiger partial charge in [0, 0.05) is 38.4 Å². The van der Waals surface area contributed by atoms with E-state index in [1.807, 2.05) is 0 Å². The quantitative estimate of drug-likeness (QED) is 0.363. The molecule has 1 unspecified atom stereocenters. The van der Waals surface area contributed by atoms with Gasteiger partial charge in [0.2, 0.25) is 0 Å². The number of nitrogens with zero attached hydrogens (tertiary/aromatic N) is 1. The van der Waals surface area contributed by atoms with Gasteiger partial charge in [-0.25, -0.2) is 4.39 Å². The van der Waals surface area contributed by atoms with Gasteiger partial charge >= 0.3 is 0 Å². The minimum atomic E-state index is -1.19. The zero-order chi connectivity index (χ0) is 24.8. The fourth-order valence-electron chi connectivity index (χ4n) is 3.99. The van der Waals surface area contributed by atoms with Gasteiger partial charge in [0.15, 0.2) is 5.78 Å². The van der Waals surface area contributed by atoms with Crippen molar-refractivity contribution in [3.05, 3.63) is 58.4 Å². The number of halogens is 2. The van der Waals surface area contributed by atoms with E-state index in [2.05, 4.69) is 10.2 Å². The Morgan fingerprint density at radius 2 is 2.00 bits per heavy atom. The monoisotopic (exact) mass is 493 g/mol. The number of anilines is 1. The van der Waals surface area contributed by atoms with E-state index < -0.39 is 17.7 Å². The number of ketones is 1. The Morgan fingerprint density at radius 1 is 1.29 bits per heavy atom. The Balaban J connectivity index is 1.55. The van der Waals surface area contributed by atoms with Crippen LogP contribution in [0.3, 0.4) is 0 Å². The van der Waals surface area contributed by atoms with Crippen molar-refractivity contribution in [1.82, 2.24) is 10.2 Å². The molecule has 1 fully saturated rings. The van der Waals surface area contributed by atoms with Gasteiger partial charge in [0.1, 0.15) is 17.7 Å². The van der Waals surface area contributed by atoms with E-state index in [0.717, 1.165) is 0 Å². The summed E-state index contributed by atoms with van der Waals surface area (Å²) < 4.78 is 23.9. The number of ether oxygens (including phenoxy) is 2. The number of amides is 1. The third-order valence-corrected chi connectivity index (χ3v) is 6.30. The number of piperidine rings is 1. The summed E-state index contributed by atoms with van der Waals surface area (Å²) in [5.74, 6) is -0.906. The second kappa shape index (κ2) is 11.6. The lowest BCUT2D eigenvalue weighted by atomic mass is 9.99. The molecule has 1 aliphatic heterocycles. The van der Waals surface area contributed by atoms with Crippen molar-refractivity contribution in [2.45, 2.75) is 31.1 Å². The van der Waals surface area contributed by atoms with Crippen LogP contribution < -0.4 is 15.8 Å². The maximum absolute atomic E-state index is 13.1. The molecular weight excluding hydrogens is 465 g/mol. The number of nitrogens with one attached hydrogen (secondary N) is 1. The lowest BCUT2D eigenvalue weighted by Gasteiger charge is -2.38. The van der Waals surface area contributed by atoms with Gasteiger partial charge in [0.25, 0.3) is 5.91 Å². The van der Waals surface area contributed by atoms with Crippen LogP contribution in [0.25, 0.3) is 0 Å². The molecule has 1 saturated heterocycles. The average molecular weight is 494 g/mol. The van der Waals surface area contributed by atoms with Crippen LogP contribution in [-0.2, 0) is 4.74 Å². The van der Waals surface area contributed by atoms with Crippen molar-refractivity contribution in [1.29, 1.82) is 0 Å². The summed E-state index contributed by atoms with van der Waals surface area (Å²) in [7, 11) is 3.02. The number of hydrogen-bond acceptors (Lipinski definition) is 7. The highest BCUT2D eigenvalue weighted by atomic mass is 35.5. The minimum Gasteiger partial charge on any atom is -0.496 e. The van der Waals surface area contributed by atoms with E-state index >= 15 is 0 Å². The molecule has 0 saturated carbocycles. The molecule has 3 atom stereocenters. The van der Waals surface area contributed by atoms with Crippen molar-refractivity contribution in [2.24, 2.45) is 0 Å². The van der Waals surface area contributed by atoms with Gasteiger partial charge in [0.05, 0.1) is 35.5 Å². The van der Waals surface area contributed by atoms with E-state index in [0.29, 0.717) is 37.5 Å². The molecule has 1 amide bonds. The summed E-state index contributed by atoms with van der Waals surface area (Å²) in [5.41, 5.74) is 6.66. The van der Waals surface area contributed by atoms with Crippen LogP contribution in [0.2, 0.25) is 5.02 Å². The molecule has 0 aromatic heterocycles. The zero-order valence-electron chi connectivity index (χ0n) is 19.1. The van der Waals surface area contributed by atoms with Gasteiger partial charge in [-0.3, -0.25) is 9.59 Å². The first-order valence-corrected chi connectivity index (χ1v) is 11.3. The maximum atomic E-state index is 13.1. The normalized spacial score (nSPS) is 19.4. The molecule has 0 radical (unpaired) electrons. The minimum absolute atomic E-state index is 0.227. The molecule has 2 aromatic carbocycles. The van der Waals surface area contributed by atoms with Crippen molar-refractivity contribution < 1.29 is 28.6 Å². The molecule has 0 aliphatic carbocycles. The van der Waals surface area contributed by atoms with E-state index in [1.54, 1.807) is 7.11 Å². The smallest absolute Gasteiger partial charge is 0.255 e. The number of nitrogens with two attached hydrogens (primary N) is 1. The Morgan fingerprint density at radius 3 is 2.65 bits per heavy atom. The number of aliphatic hydroxyl groups is 1. The number of nitrogen functional groups attached to an aromatic ring is 1. The predicted octanol–water partition coefficient (Wildman–Crippen LogP) is 2.52. The highest BCUT2D eigenvalue weighted by Gasteiger charge is 2.32. The van der Waals surface area contributed by atoms with Crippen LogP contribution in [0, 0.1) is 5.82 Å². The number of likely N-dealkylation sites (tertiary alicyclic amines) is 1. The number of Topliss-reactive ketones (excluding diaryl/α,β-unsaturated/α-hetero) is 1. The molecule has 8 nitrogen and oxygen atoms in total. The molecule has 0 bridgehead atoms. The Kier molecular flexibility index (Phi) is 8.84. The lowest BCUT2D eigenvalue weighted by molar-refractivity contribution is 0.00285. The third kappa shape index (κ3) is 6.24. The van der Waals surface area contributed by atoms with E-state index in [4.69, 9.17) is 26.8 Å². The van der Waals surface area contributed by atoms with Crippen molar-refractivity contribution in [2.75, 3.05) is 39.6 Å². The van der Waals surface area contributed by atoms with Crippen molar-refractivity contribution >= 4 is 29.0 Å². The number of aliphatic hydroxyl groups excluding tert-OH is 1. The molecule has 184 valence electrons. The second-order valence-electron chi connectivity index (χ2n) is 8.19. The van der Waals surface area contributed by atoms with Crippen LogP contribution in [0.5, 0.6) is 5.75 Å². The molecule has 34 heavy (non-hydrogen) atoms. The largest absolute Gasteiger partial charge is 0.496 e. The fraction of sp³-hybridized carbons (Fsp3) is 0.417. The van der Waals surface area contributed by atoms with Crippen LogP contribution in [0.15, 0.2) is 36.4 Å². The van der Waals surface area contributed by atoms with Crippen molar-refractivity contribution in [3.63, 3.8) is 0 Å².